The molecular formula is C12H12F3NO4. The van der Waals surface area contributed by atoms with Crippen LogP contribution in [0.5, 0.6) is 0 Å². The van der Waals surface area contributed by atoms with E-state index >= 15 is 0 Å². The van der Waals surface area contributed by atoms with Crippen LogP contribution in [0.2, 0.25) is 0 Å². The molecule has 0 radical (unpaired) electrons. The number of rotatable bonds is 5. The van der Waals surface area contributed by atoms with Gasteiger partial charge in [0.2, 0.25) is 5.91 Å². The molecule has 0 heterocycles. The largest absolute Gasteiger partial charge is 0.479 e. The monoisotopic (exact) mass is 291 g/mol. The number of carboxylic acids is 1. The van der Waals surface area contributed by atoms with Gasteiger partial charge in [-0.15, -0.1) is 0 Å². The first kappa shape index (κ1) is 16.0. The van der Waals surface area contributed by atoms with Gasteiger partial charge in [-0.25, -0.2) is 4.79 Å². The van der Waals surface area contributed by atoms with E-state index in [0.717, 1.165) is 12.1 Å². The number of aliphatic carboxylic acids is 1. The zero-order valence-electron chi connectivity index (χ0n) is 10.1. The normalized spacial score (nSPS) is 12.8. The number of hydrogen-bond donors (Lipinski definition) is 3. The Balaban J connectivity index is 2.61. The van der Waals surface area contributed by atoms with Crippen LogP contribution >= 0.6 is 0 Å². The molecule has 20 heavy (non-hydrogen) atoms. The molecule has 1 aromatic carbocycles. The first-order valence-electron chi connectivity index (χ1n) is 5.54. The number of hydrogen-bond acceptors (Lipinski definition) is 3. The standard InChI is InChI=1S/C12H12F3NO4/c13-12(14,15)8-3-1-2-7(4-8)5-10(18)16-6-9(17)11(19)20/h1-4,9,17H,5-6H2,(H,16,18)(H,19,20). The van der Waals surface area contributed by atoms with E-state index in [9.17, 15) is 22.8 Å². The molecule has 0 bridgehead atoms. The Morgan fingerprint density at radius 2 is 1.95 bits per heavy atom. The number of nitrogens with one attached hydrogen (secondary N) is 1. The van der Waals surface area contributed by atoms with Crippen LogP contribution in [-0.4, -0.2) is 34.7 Å². The maximum atomic E-state index is 12.4. The molecule has 0 aromatic heterocycles. The highest BCUT2D eigenvalue weighted by Gasteiger charge is 2.30. The van der Waals surface area contributed by atoms with E-state index in [0.29, 0.717) is 0 Å². The minimum atomic E-state index is -4.49. The molecule has 3 N–H and O–H groups in total. The number of aliphatic hydroxyl groups excluding tert-OH is 1. The number of halogens is 3. The van der Waals surface area contributed by atoms with Crippen LogP contribution in [0.4, 0.5) is 13.2 Å². The molecule has 0 aliphatic carbocycles. The van der Waals surface area contributed by atoms with Crippen molar-refractivity contribution >= 4 is 11.9 Å². The fourth-order valence-electron chi connectivity index (χ4n) is 1.40. The molecule has 0 saturated carbocycles. The SMILES string of the molecule is O=C(Cc1cccc(C(F)(F)F)c1)NCC(O)C(=O)O. The average molecular weight is 291 g/mol. The number of carbonyl (C=O) groups excluding carboxylic acids is 1. The summed E-state index contributed by atoms with van der Waals surface area (Å²) < 4.78 is 37.3. The molecular weight excluding hydrogens is 279 g/mol. The van der Waals surface area contributed by atoms with Crippen molar-refractivity contribution in [1.82, 2.24) is 5.32 Å². The minimum Gasteiger partial charge on any atom is -0.479 e. The van der Waals surface area contributed by atoms with Crippen molar-refractivity contribution in [2.45, 2.75) is 18.7 Å². The number of benzene rings is 1. The summed E-state index contributed by atoms with van der Waals surface area (Å²) in [5.41, 5.74) is -0.726. The average Bonchev–Trinajstić information content (AvgIpc) is 2.35. The van der Waals surface area contributed by atoms with Gasteiger partial charge in [0.1, 0.15) is 0 Å². The molecule has 1 aromatic rings. The summed E-state index contributed by atoms with van der Waals surface area (Å²) in [6.07, 6.45) is -6.58. The third-order valence-electron chi connectivity index (χ3n) is 2.40. The van der Waals surface area contributed by atoms with E-state index in [1.807, 2.05) is 0 Å². The van der Waals surface area contributed by atoms with Gasteiger partial charge < -0.3 is 15.5 Å². The van der Waals surface area contributed by atoms with Crippen LogP contribution in [0.3, 0.4) is 0 Å². The third-order valence-corrected chi connectivity index (χ3v) is 2.40. The van der Waals surface area contributed by atoms with E-state index in [1.165, 1.54) is 12.1 Å². The smallest absolute Gasteiger partial charge is 0.416 e. The quantitative estimate of drug-likeness (QED) is 0.749. The fraction of sp³-hybridized carbons (Fsp3) is 0.333. The second-order valence-electron chi connectivity index (χ2n) is 4.03. The Hall–Kier alpha value is -2.09. The Labute approximate surface area is 112 Å². The minimum absolute atomic E-state index is 0.141. The van der Waals surface area contributed by atoms with Crippen LogP contribution < -0.4 is 5.32 Å². The lowest BCUT2D eigenvalue weighted by Gasteiger charge is -2.10. The maximum Gasteiger partial charge on any atom is 0.416 e. The molecule has 0 spiro atoms. The molecule has 0 aliphatic rings. The summed E-state index contributed by atoms with van der Waals surface area (Å²) in [7, 11) is 0. The van der Waals surface area contributed by atoms with E-state index in [4.69, 9.17) is 10.2 Å². The lowest BCUT2D eigenvalue weighted by molar-refractivity contribution is -0.146. The van der Waals surface area contributed by atoms with Gasteiger partial charge in [0.25, 0.3) is 0 Å². The topological polar surface area (TPSA) is 86.6 Å². The van der Waals surface area contributed by atoms with Crippen LogP contribution in [-0.2, 0) is 22.2 Å². The Morgan fingerprint density at radius 3 is 2.50 bits per heavy atom. The predicted molar refractivity (Wildman–Crippen MR) is 61.8 cm³/mol. The van der Waals surface area contributed by atoms with Crippen molar-refractivity contribution in [3.05, 3.63) is 35.4 Å². The molecule has 1 atom stereocenters. The molecule has 0 aliphatic heterocycles. The van der Waals surface area contributed by atoms with Crippen LogP contribution in [0.15, 0.2) is 24.3 Å². The molecule has 1 amide bonds. The van der Waals surface area contributed by atoms with Gasteiger partial charge in [0.05, 0.1) is 18.5 Å². The maximum absolute atomic E-state index is 12.4. The molecule has 5 nitrogen and oxygen atoms in total. The van der Waals surface area contributed by atoms with Gasteiger partial charge in [0, 0.05) is 0 Å². The van der Waals surface area contributed by atoms with Crippen molar-refractivity contribution in [2.75, 3.05) is 6.54 Å². The van der Waals surface area contributed by atoms with Gasteiger partial charge >= 0.3 is 12.1 Å². The summed E-state index contributed by atoms with van der Waals surface area (Å²) in [5, 5.41) is 19.4. The van der Waals surface area contributed by atoms with Gasteiger partial charge in [-0.2, -0.15) is 13.2 Å². The van der Waals surface area contributed by atoms with Crippen LogP contribution in [0, 0.1) is 0 Å². The first-order valence-corrected chi connectivity index (χ1v) is 5.54. The number of aliphatic hydroxyl groups is 1. The highest BCUT2D eigenvalue weighted by Crippen LogP contribution is 2.29. The second-order valence-corrected chi connectivity index (χ2v) is 4.03. The number of alkyl halides is 3. The second kappa shape index (κ2) is 6.38. The molecule has 8 heteroatoms. The van der Waals surface area contributed by atoms with Crippen LogP contribution in [0.25, 0.3) is 0 Å². The van der Waals surface area contributed by atoms with Gasteiger partial charge in [-0.1, -0.05) is 18.2 Å². The van der Waals surface area contributed by atoms with E-state index in [2.05, 4.69) is 5.32 Å². The third kappa shape index (κ3) is 4.88. The molecule has 1 rings (SSSR count). The lowest BCUT2D eigenvalue weighted by Crippen LogP contribution is -2.37. The Bertz CT molecular complexity index is 502. The number of carbonyl (C=O) groups is 2. The van der Waals surface area contributed by atoms with Gasteiger partial charge in [-0.05, 0) is 11.6 Å². The summed E-state index contributed by atoms with van der Waals surface area (Å²) in [5.74, 6) is -2.17. The highest BCUT2D eigenvalue weighted by atomic mass is 19.4. The van der Waals surface area contributed by atoms with Gasteiger partial charge in [0.15, 0.2) is 6.10 Å². The van der Waals surface area contributed by atoms with Crippen molar-refractivity contribution < 1.29 is 33.0 Å². The highest BCUT2D eigenvalue weighted by molar-refractivity contribution is 5.80. The van der Waals surface area contributed by atoms with E-state index in [-0.39, 0.29) is 12.0 Å². The zero-order valence-corrected chi connectivity index (χ0v) is 10.1. The van der Waals surface area contributed by atoms with Crippen molar-refractivity contribution in [3.63, 3.8) is 0 Å². The first-order chi connectivity index (χ1) is 9.20. The molecule has 0 fully saturated rings. The van der Waals surface area contributed by atoms with E-state index in [1.54, 1.807) is 0 Å². The predicted octanol–water partition coefficient (Wildman–Crippen LogP) is 0.810. The van der Waals surface area contributed by atoms with Crippen molar-refractivity contribution in [1.29, 1.82) is 0 Å². The lowest BCUT2D eigenvalue weighted by atomic mass is 10.1. The summed E-state index contributed by atoms with van der Waals surface area (Å²) >= 11 is 0. The molecule has 1 unspecified atom stereocenters. The molecule has 0 saturated heterocycles. The Morgan fingerprint density at radius 1 is 1.30 bits per heavy atom. The summed E-state index contributed by atoms with van der Waals surface area (Å²) in [6, 6.07) is 4.25. The summed E-state index contributed by atoms with van der Waals surface area (Å²) in [6.45, 7) is -0.507. The van der Waals surface area contributed by atoms with Crippen molar-refractivity contribution in [2.24, 2.45) is 0 Å². The van der Waals surface area contributed by atoms with Crippen LogP contribution in [0.1, 0.15) is 11.1 Å². The van der Waals surface area contributed by atoms with E-state index < -0.39 is 36.3 Å². The number of amides is 1. The van der Waals surface area contributed by atoms with Crippen molar-refractivity contribution in [3.8, 4) is 0 Å². The fourth-order valence-corrected chi connectivity index (χ4v) is 1.40. The summed E-state index contributed by atoms with van der Waals surface area (Å²) in [4.78, 5) is 21.7. The number of carboxylic acid groups (broad SMARTS) is 1. The Kier molecular flexibility index (Phi) is 5.09. The molecule has 110 valence electrons. The van der Waals surface area contributed by atoms with Gasteiger partial charge in [-0.3, -0.25) is 4.79 Å². The zero-order chi connectivity index (χ0) is 15.3.